The van der Waals surface area contributed by atoms with Gasteiger partial charge in [-0.1, -0.05) is 5.16 Å². The van der Waals surface area contributed by atoms with Crippen LogP contribution in [0.15, 0.2) is 4.52 Å². The molecule has 0 unspecified atom stereocenters. The topological polar surface area (TPSA) is 54.6 Å². The molecule has 21 heavy (non-hydrogen) atoms. The van der Waals surface area contributed by atoms with E-state index in [9.17, 15) is 0 Å². The molecular weight excluding hydrogens is 268 g/mol. The highest BCUT2D eigenvalue weighted by atomic mass is 16.5. The van der Waals surface area contributed by atoms with E-state index in [0.717, 1.165) is 38.0 Å². The lowest BCUT2D eigenvalue weighted by Gasteiger charge is -2.28. The fourth-order valence-electron chi connectivity index (χ4n) is 3.39. The summed E-state index contributed by atoms with van der Waals surface area (Å²) in [7, 11) is 2.16. The van der Waals surface area contributed by atoms with E-state index in [4.69, 9.17) is 9.26 Å². The summed E-state index contributed by atoms with van der Waals surface area (Å²) < 4.78 is 10.5. The number of ether oxygens (including phenoxy) is 1. The predicted octanol–water partition coefficient (Wildman–Crippen LogP) is 1.31. The minimum atomic E-state index is 0.601. The third kappa shape index (κ3) is 4.02. The zero-order valence-electron chi connectivity index (χ0n) is 13.1. The second-order valence-electron chi connectivity index (χ2n) is 6.40. The number of hydrogen-bond acceptors (Lipinski definition) is 6. The molecule has 1 atom stereocenters. The lowest BCUT2D eigenvalue weighted by atomic mass is 10.00. The second-order valence-corrected chi connectivity index (χ2v) is 6.40. The van der Waals surface area contributed by atoms with Gasteiger partial charge < -0.3 is 14.2 Å². The van der Waals surface area contributed by atoms with Crippen molar-refractivity contribution in [3.63, 3.8) is 0 Å². The van der Waals surface area contributed by atoms with Crippen LogP contribution in [-0.4, -0.2) is 65.9 Å². The van der Waals surface area contributed by atoms with Gasteiger partial charge in [-0.25, -0.2) is 0 Å². The lowest BCUT2D eigenvalue weighted by molar-refractivity contribution is 0.0545. The SMILES string of the molecule is Cc1nc(CN(C)[C@H]2CCN(CC3CCOCC3)C2)no1. The lowest BCUT2D eigenvalue weighted by Crippen LogP contribution is -2.36. The first-order chi connectivity index (χ1) is 10.2. The molecule has 0 amide bonds. The molecule has 3 rings (SSSR count). The van der Waals surface area contributed by atoms with Gasteiger partial charge in [0.2, 0.25) is 5.89 Å². The first kappa shape index (κ1) is 14.9. The fourth-order valence-corrected chi connectivity index (χ4v) is 3.39. The van der Waals surface area contributed by atoms with Crippen LogP contribution in [0.5, 0.6) is 0 Å². The van der Waals surface area contributed by atoms with Crippen LogP contribution in [-0.2, 0) is 11.3 Å². The van der Waals surface area contributed by atoms with Gasteiger partial charge in [0.15, 0.2) is 5.82 Å². The van der Waals surface area contributed by atoms with Crippen molar-refractivity contribution >= 4 is 0 Å². The number of aryl methyl sites for hydroxylation is 1. The van der Waals surface area contributed by atoms with Crippen LogP contribution in [0.4, 0.5) is 0 Å². The number of hydrogen-bond donors (Lipinski definition) is 0. The molecule has 2 aliphatic heterocycles. The van der Waals surface area contributed by atoms with Crippen LogP contribution in [0, 0.1) is 12.8 Å². The predicted molar refractivity (Wildman–Crippen MR) is 78.9 cm³/mol. The van der Waals surface area contributed by atoms with Crippen LogP contribution in [0.25, 0.3) is 0 Å². The Labute approximate surface area is 126 Å². The first-order valence-electron chi connectivity index (χ1n) is 8.00. The molecule has 0 N–H and O–H groups in total. The molecule has 1 aromatic rings. The van der Waals surface area contributed by atoms with Gasteiger partial charge in [0.1, 0.15) is 0 Å². The van der Waals surface area contributed by atoms with Gasteiger partial charge in [-0.05, 0) is 38.8 Å². The second kappa shape index (κ2) is 6.85. The summed E-state index contributed by atoms with van der Waals surface area (Å²) in [5, 5.41) is 3.98. The maximum atomic E-state index is 5.44. The molecule has 0 bridgehead atoms. The third-order valence-corrected chi connectivity index (χ3v) is 4.69. The van der Waals surface area contributed by atoms with E-state index in [0.29, 0.717) is 11.9 Å². The van der Waals surface area contributed by atoms with E-state index in [-0.39, 0.29) is 0 Å². The summed E-state index contributed by atoms with van der Waals surface area (Å²) in [5.41, 5.74) is 0. The number of likely N-dealkylation sites (tertiary alicyclic amines) is 1. The van der Waals surface area contributed by atoms with Crippen molar-refractivity contribution in [1.29, 1.82) is 0 Å². The Balaban J connectivity index is 1.44. The van der Waals surface area contributed by atoms with Gasteiger partial charge in [-0.2, -0.15) is 4.98 Å². The Morgan fingerprint density at radius 2 is 2.10 bits per heavy atom. The normalized spacial score (nSPS) is 25.0. The Morgan fingerprint density at radius 3 is 2.81 bits per heavy atom. The van der Waals surface area contributed by atoms with Gasteiger partial charge >= 0.3 is 0 Å². The molecule has 0 spiro atoms. The van der Waals surface area contributed by atoms with Crippen molar-refractivity contribution in [1.82, 2.24) is 19.9 Å². The number of likely N-dealkylation sites (N-methyl/N-ethyl adjacent to an activating group) is 1. The van der Waals surface area contributed by atoms with E-state index < -0.39 is 0 Å². The zero-order valence-corrected chi connectivity index (χ0v) is 13.1. The Hall–Kier alpha value is -0.980. The fraction of sp³-hybridized carbons (Fsp3) is 0.867. The molecule has 1 aromatic heterocycles. The summed E-state index contributed by atoms with van der Waals surface area (Å²) in [6.45, 7) is 8.09. The Morgan fingerprint density at radius 1 is 1.29 bits per heavy atom. The third-order valence-electron chi connectivity index (χ3n) is 4.69. The van der Waals surface area contributed by atoms with Crippen LogP contribution in [0.2, 0.25) is 0 Å². The Kier molecular flexibility index (Phi) is 4.87. The molecule has 2 saturated heterocycles. The average Bonchev–Trinajstić information content (AvgIpc) is 3.09. The summed E-state index contributed by atoms with van der Waals surface area (Å²) in [6, 6.07) is 0.601. The molecule has 6 heteroatoms. The molecule has 3 heterocycles. The number of aromatic nitrogens is 2. The van der Waals surface area contributed by atoms with Gasteiger partial charge in [-0.15, -0.1) is 0 Å². The maximum absolute atomic E-state index is 5.44. The molecule has 2 fully saturated rings. The van der Waals surface area contributed by atoms with Crippen LogP contribution >= 0.6 is 0 Å². The number of rotatable bonds is 5. The van der Waals surface area contributed by atoms with Gasteiger partial charge in [-0.3, -0.25) is 4.90 Å². The van der Waals surface area contributed by atoms with Crippen molar-refractivity contribution in [2.24, 2.45) is 5.92 Å². The summed E-state index contributed by atoms with van der Waals surface area (Å²) in [5.74, 6) is 2.26. The molecule has 118 valence electrons. The summed E-state index contributed by atoms with van der Waals surface area (Å²) in [4.78, 5) is 9.25. The molecule has 0 aromatic carbocycles. The van der Waals surface area contributed by atoms with Crippen molar-refractivity contribution < 1.29 is 9.26 Å². The smallest absolute Gasteiger partial charge is 0.223 e. The molecule has 0 saturated carbocycles. The molecular formula is C15H26N4O2. The molecule has 0 radical (unpaired) electrons. The first-order valence-corrected chi connectivity index (χ1v) is 8.00. The zero-order chi connectivity index (χ0) is 14.7. The van der Waals surface area contributed by atoms with Crippen molar-refractivity contribution in [2.45, 2.75) is 38.8 Å². The summed E-state index contributed by atoms with van der Waals surface area (Å²) in [6.07, 6.45) is 3.68. The molecule has 2 aliphatic rings. The van der Waals surface area contributed by atoms with Crippen LogP contribution in [0.1, 0.15) is 31.0 Å². The van der Waals surface area contributed by atoms with E-state index in [1.54, 1.807) is 0 Å². The highest BCUT2D eigenvalue weighted by molar-refractivity contribution is 4.88. The Bertz CT molecular complexity index is 445. The summed E-state index contributed by atoms with van der Waals surface area (Å²) >= 11 is 0. The van der Waals surface area contributed by atoms with Gasteiger partial charge in [0.05, 0.1) is 6.54 Å². The van der Waals surface area contributed by atoms with E-state index in [1.807, 2.05) is 6.92 Å². The van der Waals surface area contributed by atoms with Crippen molar-refractivity contribution in [3.8, 4) is 0 Å². The number of nitrogens with zero attached hydrogens (tertiary/aromatic N) is 4. The van der Waals surface area contributed by atoms with E-state index in [1.165, 1.54) is 32.4 Å². The minimum absolute atomic E-state index is 0.601. The highest BCUT2D eigenvalue weighted by Crippen LogP contribution is 2.21. The van der Waals surface area contributed by atoms with Crippen molar-refractivity contribution in [2.75, 3.05) is 39.9 Å². The highest BCUT2D eigenvalue weighted by Gasteiger charge is 2.28. The van der Waals surface area contributed by atoms with Gasteiger partial charge in [0, 0.05) is 39.3 Å². The maximum Gasteiger partial charge on any atom is 0.223 e. The average molecular weight is 294 g/mol. The quantitative estimate of drug-likeness (QED) is 0.816. The standard InChI is InChI=1S/C15H26N4O2/c1-12-16-15(17-21-12)11-18(2)14-3-6-19(10-14)9-13-4-7-20-8-5-13/h13-14H,3-11H2,1-2H3/t14-/m0/s1. The molecule has 0 aliphatic carbocycles. The van der Waals surface area contributed by atoms with E-state index in [2.05, 4.69) is 27.0 Å². The van der Waals surface area contributed by atoms with Crippen LogP contribution in [0.3, 0.4) is 0 Å². The minimum Gasteiger partial charge on any atom is -0.381 e. The van der Waals surface area contributed by atoms with Gasteiger partial charge in [0.25, 0.3) is 0 Å². The van der Waals surface area contributed by atoms with Crippen molar-refractivity contribution in [3.05, 3.63) is 11.7 Å². The van der Waals surface area contributed by atoms with E-state index >= 15 is 0 Å². The largest absolute Gasteiger partial charge is 0.381 e. The van der Waals surface area contributed by atoms with Crippen LogP contribution < -0.4 is 0 Å². The molecule has 6 nitrogen and oxygen atoms in total. The monoisotopic (exact) mass is 294 g/mol.